The van der Waals surface area contributed by atoms with Crippen LogP contribution in [-0.2, 0) is 9.59 Å². The van der Waals surface area contributed by atoms with Crippen molar-refractivity contribution in [2.24, 2.45) is 5.92 Å². The number of hydrogen-bond acceptors (Lipinski definition) is 9. The minimum atomic E-state index is -0.775. The molecule has 0 bridgehead atoms. The van der Waals surface area contributed by atoms with E-state index >= 15 is 0 Å². The van der Waals surface area contributed by atoms with Crippen LogP contribution in [0, 0.1) is 5.92 Å². The van der Waals surface area contributed by atoms with Crippen LogP contribution in [-0.4, -0.2) is 97.6 Å². The van der Waals surface area contributed by atoms with Gasteiger partial charge in [-0.3, -0.25) is 35.4 Å². The molecular formula is C24H38N8O3. The van der Waals surface area contributed by atoms with Crippen LogP contribution in [0.5, 0.6) is 0 Å². The molecule has 4 fully saturated rings. The molecule has 4 unspecified atom stereocenters. The first-order chi connectivity index (χ1) is 17.1. The number of carbonyl (C=O) groups excluding carboxylic acids is 1. The van der Waals surface area contributed by atoms with Crippen molar-refractivity contribution < 1.29 is 14.7 Å². The van der Waals surface area contributed by atoms with Crippen molar-refractivity contribution in [1.82, 2.24) is 31.3 Å². The van der Waals surface area contributed by atoms with E-state index in [9.17, 15) is 9.59 Å². The van der Waals surface area contributed by atoms with E-state index in [1.165, 1.54) is 25.7 Å². The number of anilines is 2. The van der Waals surface area contributed by atoms with Crippen molar-refractivity contribution in [2.75, 3.05) is 62.6 Å². The highest BCUT2D eigenvalue weighted by atomic mass is 16.4. The van der Waals surface area contributed by atoms with Gasteiger partial charge in [0.25, 0.3) is 0 Å². The molecule has 0 spiro atoms. The summed E-state index contributed by atoms with van der Waals surface area (Å²) in [6.07, 6.45) is 4.81. The maximum Gasteiger partial charge on any atom is 0.317 e. The first kappa shape index (κ1) is 24.3. The number of hydrazine groups is 1. The average molecular weight is 487 g/mol. The number of nitrogens with one attached hydrogen (secondary N) is 5. The number of carboxylic acids is 1. The lowest BCUT2D eigenvalue weighted by Crippen LogP contribution is -2.76. The molecule has 5 rings (SSSR count). The first-order valence-corrected chi connectivity index (χ1v) is 12.9. The van der Waals surface area contributed by atoms with Crippen LogP contribution in [0.15, 0.2) is 24.3 Å². The average Bonchev–Trinajstić information content (AvgIpc) is 3.14. The van der Waals surface area contributed by atoms with Gasteiger partial charge >= 0.3 is 5.97 Å². The summed E-state index contributed by atoms with van der Waals surface area (Å²) in [6, 6.07) is 8.37. The molecule has 4 aliphatic heterocycles. The molecule has 11 heteroatoms. The highest BCUT2D eigenvalue weighted by Gasteiger charge is 2.44. The van der Waals surface area contributed by atoms with Crippen LogP contribution in [0.3, 0.4) is 0 Å². The molecule has 6 N–H and O–H groups in total. The standard InChI is InChI=1S/C24H38N8O3/c33-20(34)16-30-11-13-31(14-12-30)18-7-5-17(6-8-18)26-22-21-19(15-25-29-23(21)35)27-24(28-22)32-9-3-1-2-4-10-32/h5-8,19,21-22,24-28H,1-4,9-16H2,(H,29,35)(H,33,34). The molecule has 0 aromatic heterocycles. The fourth-order valence-electron chi connectivity index (χ4n) is 5.71. The van der Waals surface area contributed by atoms with Crippen molar-refractivity contribution in [3.05, 3.63) is 24.3 Å². The molecule has 0 radical (unpaired) electrons. The smallest absolute Gasteiger partial charge is 0.317 e. The molecule has 192 valence electrons. The van der Waals surface area contributed by atoms with E-state index in [0.29, 0.717) is 6.54 Å². The third kappa shape index (κ3) is 5.87. The zero-order valence-corrected chi connectivity index (χ0v) is 20.2. The van der Waals surface area contributed by atoms with E-state index in [2.05, 4.69) is 60.9 Å². The fraction of sp³-hybridized carbons (Fsp3) is 0.667. The third-order valence-corrected chi connectivity index (χ3v) is 7.63. The zero-order valence-electron chi connectivity index (χ0n) is 20.2. The molecule has 11 nitrogen and oxygen atoms in total. The number of rotatable bonds is 6. The number of piperazine rings is 1. The number of carboxylic acid groups (broad SMARTS) is 1. The minimum absolute atomic E-state index is 0.0103. The van der Waals surface area contributed by atoms with E-state index in [1.807, 2.05) is 4.90 Å². The van der Waals surface area contributed by atoms with Crippen LogP contribution < -0.4 is 31.7 Å². The lowest BCUT2D eigenvalue weighted by Gasteiger charge is -2.48. The van der Waals surface area contributed by atoms with Crippen LogP contribution in [0.25, 0.3) is 0 Å². The van der Waals surface area contributed by atoms with Gasteiger partial charge in [0.1, 0.15) is 6.29 Å². The highest BCUT2D eigenvalue weighted by Crippen LogP contribution is 2.25. The Bertz CT molecular complexity index is 868. The molecule has 4 aliphatic rings. The summed E-state index contributed by atoms with van der Waals surface area (Å²) >= 11 is 0. The Balaban J connectivity index is 1.24. The summed E-state index contributed by atoms with van der Waals surface area (Å²) in [5.41, 5.74) is 7.93. The van der Waals surface area contributed by atoms with Crippen molar-refractivity contribution in [2.45, 2.75) is 44.2 Å². The van der Waals surface area contributed by atoms with Gasteiger partial charge in [0.05, 0.1) is 18.6 Å². The number of amides is 1. The molecule has 1 aromatic carbocycles. The second-order valence-electron chi connectivity index (χ2n) is 10.0. The molecular weight excluding hydrogens is 448 g/mol. The van der Waals surface area contributed by atoms with Gasteiger partial charge in [0.15, 0.2) is 0 Å². The fourth-order valence-corrected chi connectivity index (χ4v) is 5.71. The Morgan fingerprint density at radius 1 is 0.971 bits per heavy atom. The van der Waals surface area contributed by atoms with Gasteiger partial charge in [-0.25, -0.2) is 5.43 Å². The third-order valence-electron chi connectivity index (χ3n) is 7.63. The maximum absolute atomic E-state index is 12.8. The van der Waals surface area contributed by atoms with E-state index in [-0.39, 0.29) is 36.9 Å². The largest absolute Gasteiger partial charge is 0.480 e. The zero-order chi connectivity index (χ0) is 24.2. The Morgan fingerprint density at radius 3 is 2.37 bits per heavy atom. The normalized spacial score (nSPS) is 30.7. The lowest BCUT2D eigenvalue weighted by atomic mass is 9.91. The molecule has 0 saturated carbocycles. The number of aliphatic carboxylic acids is 1. The van der Waals surface area contributed by atoms with Gasteiger partial charge in [-0.2, -0.15) is 0 Å². The quantitative estimate of drug-likeness (QED) is 0.317. The SMILES string of the molecule is O=C(O)CN1CCN(c2ccc(NC3NC(N4CCCCCC4)NC4CNNC(=O)C43)cc2)CC1. The summed E-state index contributed by atoms with van der Waals surface area (Å²) in [7, 11) is 0. The summed E-state index contributed by atoms with van der Waals surface area (Å²) in [4.78, 5) is 30.4. The van der Waals surface area contributed by atoms with E-state index in [4.69, 9.17) is 5.11 Å². The second kappa shape index (κ2) is 11.1. The molecule has 4 saturated heterocycles. The van der Waals surface area contributed by atoms with Gasteiger partial charge in [-0.1, -0.05) is 12.8 Å². The van der Waals surface area contributed by atoms with E-state index < -0.39 is 5.97 Å². The predicted octanol–water partition coefficient (Wildman–Crippen LogP) is -0.397. The van der Waals surface area contributed by atoms with Gasteiger partial charge in [-0.15, -0.1) is 0 Å². The summed E-state index contributed by atoms with van der Waals surface area (Å²) in [5.74, 6) is -1.02. The van der Waals surface area contributed by atoms with Crippen LogP contribution >= 0.6 is 0 Å². The maximum atomic E-state index is 12.8. The predicted molar refractivity (Wildman–Crippen MR) is 134 cm³/mol. The van der Waals surface area contributed by atoms with Crippen molar-refractivity contribution in [3.63, 3.8) is 0 Å². The van der Waals surface area contributed by atoms with Crippen molar-refractivity contribution >= 4 is 23.3 Å². The number of hydrogen-bond donors (Lipinski definition) is 6. The number of nitrogens with zero attached hydrogens (tertiary/aromatic N) is 3. The van der Waals surface area contributed by atoms with Crippen LogP contribution in [0.4, 0.5) is 11.4 Å². The van der Waals surface area contributed by atoms with Gasteiger partial charge in [0, 0.05) is 63.2 Å². The van der Waals surface area contributed by atoms with Crippen molar-refractivity contribution in [1.29, 1.82) is 0 Å². The summed E-state index contributed by atoms with van der Waals surface area (Å²) < 4.78 is 0. The topological polar surface area (TPSA) is 124 Å². The molecule has 4 heterocycles. The van der Waals surface area contributed by atoms with E-state index in [1.54, 1.807) is 0 Å². The Kier molecular flexibility index (Phi) is 7.69. The van der Waals surface area contributed by atoms with Crippen LogP contribution in [0.1, 0.15) is 25.7 Å². The Hall–Kier alpha value is -2.44. The van der Waals surface area contributed by atoms with E-state index in [0.717, 1.165) is 50.6 Å². The summed E-state index contributed by atoms with van der Waals surface area (Å²) in [5, 5.41) is 19.9. The summed E-state index contributed by atoms with van der Waals surface area (Å²) in [6.45, 7) is 6.02. The van der Waals surface area contributed by atoms with Gasteiger partial charge in [-0.05, 0) is 37.1 Å². The van der Waals surface area contributed by atoms with Gasteiger partial charge < -0.3 is 15.3 Å². The molecule has 1 amide bonds. The highest BCUT2D eigenvalue weighted by molar-refractivity contribution is 5.81. The Morgan fingerprint density at radius 2 is 1.69 bits per heavy atom. The number of benzene rings is 1. The lowest BCUT2D eigenvalue weighted by molar-refractivity contribution is -0.138. The van der Waals surface area contributed by atoms with Crippen molar-refractivity contribution in [3.8, 4) is 0 Å². The second-order valence-corrected chi connectivity index (χ2v) is 10.0. The molecule has 35 heavy (non-hydrogen) atoms. The number of fused-ring (bicyclic) bond motifs is 1. The number of likely N-dealkylation sites (tertiary alicyclic amines) is 1. The first-order valence-electron chi connectivity index (χ1n) is 12.9. The Labute approximate surface area is 206 Å². The van der Waals surface area contributed by atoms with Gasteiger partial charge in [0.2, 0.25) is 5.91 Å². The molecule has 4 atom stereocenters. The molecule has 0 aliphatic carbocycles. The monoisotopic (exact) mass is 486 g/mol. The van der Waals surface area contributed by atoms with Crippen LogP contribution in [0.2, 0.25) is 0 Å². The number of carbonyl (C=O) groups is 2. The minimum Gasteiger partial charge on any atom is -0.480 e. The molecule has 1 aromatic rings.